The molecule has 0 spiro atoms. The van der Waals surface area contributed by atoms with Gasteiger partial charge < -0.3 is 26.2 Å². The molecule has 4 atom stereocenters. The standard InChI is InChI=1S/C35H48ClN7O/c1-5-27(24-39-15-8-14-38-6-2)32-22-29(36)11-13-31(32)34(33-25(3)9-7-16-40-33)42-17-19-43(20-18-42)35(44)41-30-12-10-28(23-37)26(4)21-30/h5,7,9-13,16,21-22,26,28,33-34,38-40H,6,8,14-15,17-20,24H2,1-4H3,(H,41,44)/b27-5-. The van der Waals surface area contributed by atoms with Gasteiger partial charge in [-0.1, -0.05) is 55.8 Å². The number of piperazine rings is 1. The number of carbonyl (C=O) groups excluding carboxylic acids is 1. The normalized spacial score (nSPS) is 23.0. The molecule has 1 fully saturated rings. The van der Waals surface area contributed by atoms with Crippen molar-refractivity contribution in [1.29, 1.82) is 5.26 Å². The second-order valence-corrected chi connectivity index (χ2v) is 12.2. The van der Waals surface area contributed by atoms with E-state index in [-0.39, 0.29) is 30.0 Å². The first-order valence-corrected chi connectivity index (χ1v) is 16.3. The topological polar surface area (TPSA) is 95.5 Å². The molecule has 4 N–H and O–H groups in total. The van der Waals surface area contributed by atoms with E-state index in [1.165, 1.54) is 16.7 Å². The monoisotopic (exact) mass is 617 g/mol. The van der Waals surface area contributed by atoms with Crippen molar-refractivity contribution < 1.29 is 4.79 Å². The predicted octanol–water partition coefficient (Wildman–Crippen LogP) is 5.36. The van der Waals surface area contributed by atoms with E-state index in [0.717, 1.165) is 62.0 Å². The van der Waals surface area contributed by atoms with Crippen LogP contribution in [0.4, 0.5) is 4.79 Å². The number of halogens is 1. The highest BCUT2D eigenvalue weighted by Gasteiger charge is 2.35. The second-order valence-electron chi connectivity index (χ2n) is 11.7. The lowest BCUT2D eigenvalue weighted by Gasteiger charge is -2.44. The van der Waals surface area contributed by atoms with Gasteiger partial charge in [-0.3, -0.25) is 4.90 Å². The Morgan fingerprint density at radius 1 is 1.23 bits per heavy atom. The minimum atomic E-state index is -0.156. The molecule has 4 unspecified atom stereocenters. The van der Waals surface area contributed by atoms with Crippen LogP contribution in [-0.2, 0) is 0 Å². The van der Waals surface area contributed by atoms with Gasteiger partial charge in [-0.05, 0) is 98.6 Å². The van der Waals surface area contributed by atoms with E-state index in [1.54, 1.807) is 0 Å². The summed E-state index contributed by atoms with van der Waals surface area (Å²) in [5, 5.41) is 23.7. The minimum Gasteiger partial charge on any atom is -0.382 e. The van der Waals surface area contributed by atoms with Crippen LogP contribution in [0.5, 0.6) is 0 Å². The number of rotatable bonds is 12. The first-order valence-electron chi connectivity index (χ1n) is 15.9. The quantitative estimate of drug-likeness (QED) is 0.236. The zero-order valence-electron chi connectivity index (χ0n) is 26.6. The van der Waals surface area contributed by atoms with E-state index in [9.17, 15) is 10.1 Å². The highest BCUT2D eigenvalue weighted by atomic mass is 35.5. The van der Waals surface area contributed by atoms with Gasteiger partial charge in [0.2, 0.25) is 0 Å². The van der Waals surface area contributed by atoms with Gasteiger partial charge in [-0.25, -0.2) is 4.79 Å². The van der Waals surface area contributed by atoms with E-state index in [2.05, 4.69) is 83.4 Å². The molecule has 0 saturated carbocycles. The Morgan fingerprint density at radius 2 is 2.00 bits per heavy atom. The van der Waals surface area contributed by atoms with Gasteiger partial charge >= 0.3 is 6.03 Å². The molecule has 0 bridgehead atoms. The summed E-state index contributed by atoms with van der Waals surface area (Å²) in [4.78, 5) is 17.6. The predicted molar refractivity (Wildman–Crippen MR) is 181 cm³/mol. The van der Waals surface area contributed by atoms with Gasteiger partial charge in [-0.2, -0.15) is 5.26 Å². The van der Waals surface area contributed by atoms with Crippen LogP contribution in [0.2, 0.25) is 5.02 Å². The molecule has 2 heterocycles. The van der Waals surface area contributed by atoms with Crippen LogP contribution in [-0.4, -0.2) is 74.2 Å². The van der Waals surface area contributed by atoms with Gasteiger partial charge in [0.25, 0.3) is 0 Å². The van der Waals surface area contributed by atoms with Crippen LogP contribution < -0.4 is 21.3 Å². The summed E-state index contributed by atoms with van der Waals surface area (Å²) in [6.07, 6.45) is 15.2. The molecule has 0 aromatic heterocycles. The maximum Gasteiger partial charge on any atom is 0.321 e. The van der Waals surface area contributed by atoms with Crippen LogP contribution in [0, 0.1) is 23.2 Å². The number of dihydropyridines is 1. The maximum atomic E-state index is 13.2. The molecule has 236 valence electrons. The van der Waals surface area contributed by atoms with Crippen molar-refractivity contribution in [2.45, 2.75) is 46.2 Å². The van der Waals surface area contributed by atoms with Gasteiger partial charge in [-0.15, -0.1) is 0 Å². The number of benzene rings is 1. The third-order valence-corrected chi connectivity index (χ3v) is 8.96. The maximum absolute atomic E-state index is 13.2. The fourth-order valence-electron chi connectivity index (χ4n) is 6.15. The summed E-state index contributed by atoms with van der Waals surface area (Å²) in [7, 11) is 0. The van der Waals surface area contributed by atoms with Gasteiger partial charge in [0.1, 0.15) is 0 Å². The fourth-order valence-corrected chi connectivity index (χ4v) is 6.32. The number of nitrogens with zero attached hydrogens (tertiary/aromatic N) is 3. The molecule has 9 heteroatoms. The molecule has 1 aromatic rings. The minimum absolute atomic E-state index is 0.0464. The number of allylic oxidation sites excluding steroid dienone is 6. The lowest BCUT2D eigenvalue weighted by molar-refractivity contribution is 0.0979. The highest BCUT2D eigenvalue weighted by Crippen LogP contribution is 2.36. The van der Waals surface area contributed by atoms with E-state index in [1.807, 2.05) is 42.3 Å². The Morgan fingerprint density at radius 3 is 2.68 bits per heavy atom. The van der Waals surface area contributed by atoms with Gasteiger partial charge in [0.05, 0.1) is 24.1 Å². The van der Waals surface area contributed by atoms with Crippen LogP contribution in [0.3, 0.4) is 0 Å². The van der Waals surface area contributed by atoms with E-state index in [0.29, 0.717) is 13.1 Å². The average Bonchev–Trinajstić information content (AvgIpc) is 3.03. The number of carbonyl (C=O) groups is 1. The Kier molecular flexibility index (Phi) is 12.7. The SMILES string of the molecule is C/C=C(/CNCCCNCC)c1cc(Cl)ccc1C(C1NC=CC=C1C)N1CCN(C(=O)NC2=CC(C)C(C#N)C=C2)CC1. The Labute approximate surface area is 268 Å². The lowest BCUT2D eigenvalue weighted by atomic mass is 9.86. The van der Waals surface area contributed by atoms with E-state index < -0.39 is 0 Å². The summed E-state index contributed by atoms with van der Waals surface area (Å²) in [5.74, 6) is -0.0910. The van der Waals surface area contributed by atoms with E-state index in [4.69, 9.17) is 11.6 Å². The van der Waals surface area contributed by atoms with Crippen LogP contribution in [0.25, 0.3) is 5.57 Å². The summed E-state index contributed by atoms with van der Waals surface area (Å²) in [6.45, 7) is 14.8. The molecule has 3 aliphatic rings. The molecule has 0 radical (unpaired) electrons. The van der Waals surface area contributed by atoms with Crippen LogP contribution in [0.15, 0.2) is 72.1 Å². The van der Waals surface area contributed by atoms with Crippen LogP contribution >= 0.6 is 11.6 Å². The number of hydrogen-bond acceptors (Lipinski definition) is 6. The molecule has 2 amide bonds. The molecule has 4 rings (SSSR count). The highest BCUT2D eigenvalue weighted by molar-refractivity contribution is 6.30. The first kappa shape index (κ1) is 33.5. The average molecular weight is 618 g/mol. The number of nitriles is 1. The summed E-state index contributed by atoms with van der Waals surface area (Å²) in [6, 6.07) is 8.60. The van der Waals surface area contributed by atoms with E-state index >= 15 is 0 Å². The Balaban J connectivity index is 1.51. The molecular formula is C35H48ClN7O. The largest absolute Gasteiger partial charge is 0.382 e. The van der Waals surface area contributed by atoms with Crippen molar-refractivity contribution in [1.82, 2.24) is 31.1 Å². The van der Waals surface area contributed by atoms with Crippen molar-refractivity contribution in [2.24, 2.45) is 11.8 Å². The third-order valence-electron chi connectivity index (χ3n) is 8.73. The van der Waals surface area contributed by atoms with Crippen LogP contribution in [0.1, 0.15) is 51.3 Å². The zero-order chi connectivity index (χ0) is 31.5. The van der Waals surface area contributed by atoms with Crippen molar-refractivity contribution in [3.05, 3.63) is 88.3 Å². The molecule has 1 aliphatic carbocycles. The van der Waals surface area contributed by atoms with Gasteiger partial charge in [0.15, 0.2) is 0 Å². The number of urea groups is 1. The fraction of sp³-hybridized carbons (Fsp3) is 0.486. The summed E-state index contributed by atoms with van der Waals surface area (Å²) >= 11 is 6.62. The summed E-state index contributed by atoms with van der Waals surface area (Å²) < 4.78 is 0. The van der Waals surface area contributed by atoms with Crippen molar-refractivity contribution in [3.8, 4) is 6.07 Å². The molecular weight excluding hydrogens is 570 g/mol. The first-order chi connectivity index (χ1) is 21.4. The lowest BCUT2D eigenvalue weighted by Crippen LogP contribution is -2.55. The summed E-state index contributed by atoms with van der Waals surface area (Å²) in [5.41, 5.74) is 5.64. The number of amides is 2. The number of nitrogens with one attached hydrogen (secondary N) is 4. The van der Waals surface area contributed by atoms with Gasteiger partial charge in [0, 0.05) is 43.4 Å². The van der Waals surface area contributed by atoms with Crippen molar-refractivity contribution in [3.63, 3.8) is 0 Å². The second kappa shape index (κ2) is 16.6. The number of hydrogen-bond donors (Lipinski definition) is 4. The molecule has 8 nitrogen and oxygen atoms in total. The Bertz CT molecular complexity index is 1330. The molecule has 1 aromatic carbocycles. The van der Waals surface area contributed by atoms with Crippen molar-refractivity contribution >= 4 is 23.2 Å². The van der Waals surface area contributed by atoms with Crippen molar-refractivity contribution in [2.75, 3.05) is 52.4 Å². The molecule has 44 heavy (non-hydrogen) atoms. The Hall–Kier alpha value is -3.35. The zero-order valence-corrected chi connectivity index (χ0v) is 27.3. The third kappa shape index (κ3) is 8.64. The molecule has 1 saturated heterocycles. The smallest absolute Gasteiger partial charge is 0.321 e. The molecule has 2 aliphatic heterocycles.